The van der Waals surface area contributed by atoms with Gasteiger partial charge in [-0.1, -0.05) is 33.1 Å². The molecule has 46 heavy (non-hydrogen) atoms. The van der Waals surface area contributed by atoms with Crippen molar-refractivity contribution in [2.75, 3.05) is 0 Å². The predicted octanol–water partition coefficient (Wildman–Crippen LogP) is 10.2. The molecule has 0 aromatic heterocycles. The first-order chi connectivity index (χ1) is 22.4. The van der Waals surface area contributed by atoms with Crippen LogP contribution < -0.4 is 0 Å². The van der Waals surface area contributed by atoms with Gasteiger partial charge < -0.3 is 10.2 Å². The molecule has 0 radical (unpaired) electrons. The fraction of sp³-hybridized carbons (Fsp3) is 1.00. The van der Waals surface area contributed by atoms with Gasteiger partial charge in [-0.15, -0.1) is 0 Å². The van der Waals surface area contributed by atoms with Crippen molar-refractivity contribution >= 4 is 0 Å². The first-order valence-electron chi connectivity index (χ1n) is 21.5. The van der Waals surface area contributed by atoms with Crippen LogP contribution in [-0.4, -0.2) is 45.4 Å². The van der Waals surface area contributed by atoms with E-state index in [1.807, 2.05) is 0 Å². The van der Waals surface area contributed by atoms with Gasteiger partial charge in [0.25, 0.3) is 0 Å². The van der Waals surface area contributed by atoms with Crippen molar-refractivity contribution in [3.05, 3.63) is 0 Å². The summed E-state index contributed by atoms with van der Waals surface area (Å²) in [6, 6.07) is 2.56. The molecule has 0 spiro atoms. The lowest BCUT2D eigenvalue weighted by molar-refractivity contribution is -0.128. The topological polar surface area (TPSA) is 43.7 Å². The Morgan fingerprint density at radius 3 is 1.43 bits per heavy atom. The second kappa shape index (κ2) is 13.9. The minimum Gasteiger partial charge on any atom is -0.393 e. The van der Waals surface area contributed by atoms with Crippen LogP contribution in [0.25, 0.3) is 0 Å². The summed E-state index contributed by atoms with van der Waals surface area (Å²) < 4.78 is 0. The summed E-state index contributed by atoms with van der Waals surface area (Å²) in [6.45, 7) is 5.26. The fourth-order valence-electron chi connectivity index (χ4n) is 15.4. The molecule has 3 heteroatoms. The van der Waals surface area contributed by atoms with E-state index in [1.54, 1.807) is 44.9 Å². The fourth-order valence-corrected chi connectivity index (χ4v) is 15.4. The summed E-state index contributed by atoms with van der Waals surface area (Å²) in [5.74, 6) is 9.73. The Morgan fingerprint density at radius 2 is 0.891 bits per heavy atom. The highest BCUT2D eigenvalue weighted by atomic mass is 16.3. The van der Waals surface area contributed by atoms with Crippen molar-refractivity contribution in [1.29, 1.82) is 0 Å². The third-order valence-corrected chi connectivity index (χ3v) is 17.8. The van der Waals surface area contributed by atoms with Crippen LogP contribution in [0, 0.1) is 64.6 Å². The van der Waals surface area contributed by atoms with Crippen LogP contribution in [-0.2, 0) is 0 Å². The van der Waals surface area contributed by atoms with Crippen molar-refractivity contribution in [3.8, 4) is 0 Å². The van der Waals surface area contributed by atoms with E-state index in [2.05, 4.69) is 18.7 Å². The monoisotopic (exact) mass is 636 g/mol. The maximum absolute atomic E-state index is 10.5. The lowest BCUT2D eigenvalue weighted by atomic mass is 9.47. The lowest BCUT2D eigenvalue weighted by Gasteiger charge is -2.62. The first-order valence-corrected chi connectivity index (χ1v) is 21.5. The number of hydrogen-bond donors (Lipinski definition) is 2. The maximum Gasteiger partial charge on any atom is 0.0540 e. The Balaban J connectivity index is 1.03. The molecule has 262 valence electrons. The van der Waals surface area contributed by atoms with Crippen LogP contribution in [0.1, 0.15) is 174 Å². The summed E-state index contributed by atoms with van der Waals surface area (Å²) in [6.07, 6.45) is 34.6. The molecule has 7 atom stereocenters. The molecule has 2 N–H and O–H groups in total. The normalized spacial score (nSPS) is 51.2. The van der Waals surface area contributed by atoms with E-state index < -0.39 is 0 Å². The Hall–Kier alpha value is -0.120. The number of aliphatic hydroxyl groups excluding tert-OH is 2. The Bertz CT molecular complexity index is 953. The van der Waals surface area contributed by atoms with Gasteiger partial charge in [-0.25, -0.2) is 0 Å². The molecule has 0 aliphatic heterocycles. The third-order valence-electron chi connectivity index (χ3n) is 17.8. The van der Waals surface area contributed by atoms with E-state index in [0.717, 1.165) is 103 Å². The zero-order chi connectivity index (χ0) is 31.4. The molecule has 8 saturated carbocycles. The molecular formula is C43H73NO2. The predicted molar refractivity (Wildman–Crippen MR) is 189 cm³/mol. The van der Waals surface area contributed by atoms with Gasteiger partial charge in [-0.3, -0.25) is 4.90 Å². The molecule has 8 fully saturated rings. The Morgan fingerprint density at radius 1 is 0.457 bits per heavy atom. The van der Waals surface area contributed by atoms with E-state index in [9.17, 15) is 10.2 Å². The average Bonchev–Trinajstić information content (AvgIpc) is 3.09. The van der Waals surface area contributed by atoms with Gasteiger partial charge >= 0.3 is 0 Å². The van der Waals surface area contributed by atoms with Gasteiger partial charge in [-0.05, 0) is 206 Å². The zero-order valence-corrected chi connectivity index (χ0v) is 30.2. The summed E-state index contributed by atoms with van der Waals surface area (Å²) >= 11 is 0. The van der Waals surface area contributed by atoms with Gasteiger partial charge in [0.05, 0.1) is 12.2 Å². The molecule has 3 nitrogen and oxygen atoms in total. The summed E-state index contributed by atoms with van der Waals surface area (Å²) in [5, 5.41) is 20.9. The Kier molecular flexibility index (Phi) is 9.98. The van der Waals surface area contributed by atoms with E-state index in [1.165, 1.54) is 89.9 Å². The number of rotatable bonds is 6. The average molecular weight is 636 g/mol. The van der Waals surface area contributed by atoms with Crippen LogP contribution in [0.3, 0.4) is 0 Å². The van der Waals surface area contributed by atoms with Gasteiger partial charge in [0.15, 0.2) is 0 Å². The van der Waals surface area contributed by atoms with Crippen molar-refractivity contribution in [1.82, 2.24) is 4.90 Å². The quantitative estimate of drug-likeness (QED) is 0.305. The molecule has 0 heterocycles. The third kappa shape index (κ3) is 6.11. The first kappa shape index (κ1) is 33.0. The second-order valence-electron chi connectivity index (χ2n) is 19.6. The molecule has 0 aromatic rings. The summed E-state index contributed by atoms with van der Waals surface area (Å²) in [7, 11) is 0. The van der Waals surface area contributed by atoms with Crippen molar-refractivity contribution in [2.45, 2.75) is 205 Å². The van der Waals surface area contributed by atoms with Gasteiger partial charge in [0.2, 0.25) is 0 Å². The highest BCUT2D eigenvalue weighted by Crippen LogP contribution is 2.62. The van der Waals surface area contributed by atoms with Gasteiger partial charge in [-0.2, -0.15) is 0 Å². The van der Waals surface area contributed by atoms with Crippen molar-refractivity contribution < 1.29 is 10.2 Å². The molecule has 0 aromatic carbocycles. The number of nitrogens with zero attached hydrogens (tertiary/aromatic N) is 1. The smallest absolute Gasteiger partial charge is 0.0540 e. The standard InChI is InChI=1S/C43H73NO2/c1-28-6-18-35(19-7-28)44(40-27-11-31-9-8-29-4-3-5-30-10-26-39(40)42(31)41(29)30)36-20-12-32(13-21-36)43(2,33-14-22-37(45)23-15-33)34-16-24-38(46)25-17-34/h28-42,45-46H,3-27H2,1-2H3. The zero-order valence-electron chi connectivity index (χ0n) is 30.2. The molecule has 7 unspecified atom stereocenters. The van der Waals surface area contributed by atoms with Crippen LogP contribution in [0.2, 0.25) is 0 Å². The lowest BCUT2D eigenvalue weighted by Crippen LogP contribution is -2.61. The SMILES string of the molecule is CC1CCC(N(C2CCC(C(C)(C3CCC(O)CC3)C3CCC(O)CC3)CC2)C2CCC3CCC4CCCC5CCC2C3C45)CC1. The molecule has 0 amide bonds. The van der Waals surface area contributed by atoms with Gasteiger partial charge in [0.1, 0.15) is 0 Å². The van der Waals surface area contributed by atoms with Crippen LogP contribution in [0.4, 0.5) is 0 Å². The maximum atomic E-state index is 10.5. The van der Waals surface area contributed by atoms with E-state index in [4.69, 9.17) is 0 Å². The van der Waals surface area contributed by atoms with Crippen LogP contribution in [0.5, 0.6) is 0 Å². The molecule has 8 aliphatic carbocycles. The van der Waals surface area contributed by atoms with E-state index in [-0.39, 0.29) is 12.2 Å². The minimum atomic E-state index is -0.0607. The van der Waals surface area contributed by atoms with Crippen molar-refractivity contribution in [2.24, 2.45) is 64.6 Å². The van der Waals surface area contributed by atoms with Gasteiger partial charge in [0, 0.05) is 18.1 Å². The Labute approximate surface area is 283 Å². The van der Waals surface area contributed by atoms with Crippen LogP contribution in [0.15, 0.2) is 0 Å². The summed E-state index contributed by atoms with van der Waals surface area (Å²) in [5.41, 5.74) is 0.394. The molecule has 0 saturated heterocycles. The second-order valence-corrected chi connectivity index (χ2v) is 19.6. The molecule has 8 rings (SSSR count). The van der Waals surface area contributed by atoms with Crippen LogP contribution >= 0.6 is 0 Å². The van der Waals surface area contributed by atoms with Crippen molar-refractivity contribution in [3.63, 3.8) is 0 Å². The molecule has 0 bridgehead atoms. The number of aliphatic hydroxyl groups is 2. The largest absolute Gasteiger partial charge is 0.393 e. The highest BCUT2D eigenvalue weighted by Gasteiger charge is 2.56. The minimum absolute atomic E-state index is 0.0607. The highest BCUT2D eigenvalue weighted by molar-refractivity contribution is 5.07. The summed E-state index contributed by atoms with van der Waals surface area (Å²) in [4.78, 5) is 3.35. The molecular weight excluding hydrogens is 562 g/mol. The van der Waals surface area contributed by atoms with E-state index in [0.29, 0.717) is 5.41 Å². The molecule has 8 aliphatic rings. The number of hydrogen-bond acceptors (Lipinski definition) is 3. The van der Waals surface area contributed by atoms with E-state index >= 15 is 0 Å².